The second-order valence-electron chi connectivity index (χ2n) is 4.83. The molecule has 8 heteroatoms. The summed E-state index contributed by atoms with van der Waals surface area (Å²) in [5.41, 5.74) is 0.390. The maximum absolute atomic E-state index is 11.6. The Morgan fingerprint density at radius 1 is 1.35 bits per heavy atom. The predicted molar refractivity (Wildman–Crippen MR) is 85.1 cm³/mol. The zero-order chi connectivity index (χ0) is 17.2. The number of rotatable bonds is 9. The minimum atomic E-state index is -0.828. The predicted octanol–water partition coefficient (Wildman–Crippen LogP) is 1.85. The number of carbonyl (C=O) groups excluding carboxylic acids is 2. The van der Waals surface area contributed by atoms with Gasteiger partial charge in [-0.05, 0) is 26.3 Å². The average Bonchev–Trinajstić information content (AvgIpc) is 2.52. The number of carbonyl (C=O) groups is 2. The molecular weight excluding hydrogens is 302 g/mol. The van der Waals surface area contributed by atoms with Gasteiger partial charge in [-0.3, -0.25) is 19.7 Å². The summed E-state index contributed by atoms with van der Waals surface area (Å²) in [5, 5.41) is 16.3. The van der Waals surface area contributed by atoms with Crippen LogP contribution in [-0.4, -0.2) is 36.0 Å². The molecule has 1 aromatic rings. The molecule has 1 aromatic carbocycles. The summed E-state index contributed by atoms with van der Waals surface area (Å²) >= 11 is 0. The quantitative estimate of drug-likeness (QED) is 0.310. The SMILES string of the molecule is CCNC(=O)[C@@H](C)OC(=O)CCCNc1ccccc1[N+](=O)[O-]. The Balaban J connectivity index is 2.34. The summed E-state index contributed by atoms with van der Waals surface area (Å²) in [4.78, 5) is 33.4. The van der Waals surface area contributed by atoms with Crippen molar-refractivity contribution in [1.29, 1.82) is 0 Å². The third-order valence-corrected chi connectivity index (χ3v) is 3.00. The number of nitrogens with zero attached hydrogens (tertiary/aromatic N) is 1. The molecule has 0 heterocycles. The minimum Gasteiger partial charge on any atom is -0.453 e. The highest BCUT2D eigenvalue weighted by Crippen LogP contribution is 2.22. The molecule has 23 heavy (non-hydrogen) atoms. The number of anilines is 1. The van der Waals surface area contributed by atoms with Gasteiger partial charge in [0.2, 0.25) is 0 Å². The van der Waals surface area contributed by atoms with Gasteiger partial charge in [0.05, 0.1) is 4.92 Å². The minimum absolute atomic E-state index is 0.0139. The maximum atomic E-state index is 11.6. The molecule has 0 aromatic heterocycles. The number of para-hydroxylation sites is 2. The first-order valence-corrected chi connectivity index (χ1v) is 7.40. The van der Waals surface area contributed by atoms with Crippen LogP contribution in [0, 0.1) is 10.1 Å². The lowest BCUT2D eigenvalue weighted by atomic mass is 10.2. The third kappa shape index (κ3) is 6.33. The zero-order valence-electron chi connectivity index (χ0n) is 13.2. The molecule has 0 aliphatic heterocycles. The average molecular weight is 323 g/mol. The number of hydrogen-bond donors (Lipinski definition) is 2. The van der Waals surface area contributed by atoms with Crippen LogP contribution < -0.4 is 10.6 Å². The van der Waals surface area contributed by atoms with E-state index in [9.17, 15) is 19.7 Å². The van der Waals surface area contributed by atoms with Gasteiger partial charge in [-0.25, -0.2) is 0 Å². The van der Waals surface area contributed by atoms with Gasteiger partial charge >= 0.3 is 5.97 Å². The maximum Gasteiger partial charge on any atom is 0.306 e. The normalized spacial score (nSPS) is 11.4. The number of hydrogen-bond acceptors (Lipinski definition) is 6. The molecule has 2 N–H and O–H groups in total. The molecule has 0 bridgehead atoms. The molecule has 0 saturated carbocycles. The highest BCUT2D eigenvalue weighted by atomic mass is 16.6. The summed E-state index contributed by atoms with van der Waals surface area (Å²) in [5.74, 6) is -0.813. The lowest BCUT2D eigenvalue weighted by Crippen LogP contribution is -2.35. The van der Waals surface area contributed by atoms with E-state index in [2.05, 4.69) is 10.6 Å². The molecule has 1 atom stereocenters. The Morgan fingerprint density at radius 3 is 2.70 bits per heavy atom. The summed E-state index contributed by atoms with van der Waals surface area (Å²) in [6.07, 6.45) is -0.268. The van der Waals surface area contributed by atoms with Crippen molar-refractivity contribution in [2.75, 3.05) is 18.4 Å². The standard InChI is InChI=1S/C15H21N3O5/c1-3-16-15(20)11(2)23-14(19)9-6-10-17-12-7-4-5-8-13(12)18(21)22/h4-5,7-8,11,17H,3,6,9-10H2,1-2H3,(H,16,20)/t11-/m1/s1. The Labute approximate surface area is 134 Å². The van der Waals surface area contributed by atoms with Gasteiger partial charge in [0.1, 0.15) is 5.69 Å². The molecule has 1 amide bonds. The van der Waals surface area contributed by atoms with E-state index in [4.69, 9.17) is 4.74 Å². The van der Waals surface area contributed by atoms with Crippen LogP contribution in [0.2, 0.25) is 0 Å². The molecule has 126 valence electrons. The molecule has 0 unspecified atom stereocenters. The lowest BCUT2D eigenvalue weighted by molar-refractivity contribution is -0.384. The Morgan fingerprint density at radius 2 is 2.04 bits per heavy atom. The van der Waals surface area contributed by atoms with Crippen LogP contribution in [0.5, 0.6) is 0 Å². The van der Waals surface area contributed by atoms with E-state index >= 15 is 0 Å². The summed E-state index contributed by atoms with van der Waals surface area (Å²) in [7, 11) is 0. The van der Waals surface area contributed by atoms with Gasteiger partial charge in [-0.15, -0.1) is 0 Å². The van der Waals surface area contributed by atoms with Crippen molar-refractivity contribution >= 4 is 23.3 Å². The monoisotopic (exact) mass is 323 g/mol. The van der Waals surface area contributed by atoms with Crippen molar-refractivity contribution in [3.8, 4) is 0 Å². The fourth-order valence-electron chi connectivity index (χ4n) is 1.87. The van der Waals surface area contributed by atoms with E-state index in [1.165, 1.54) is 13.0 Å². The molecular formula is C15H21N3O5. The van der Waals surface area contributed by atoms with Crippen LogP contribution in [0.1, 0.15) is 26.7 Å². The third-order valence-electron chi connectivity index (χ3n) is 3.00. The lowest BCUT2D eigenvalue weighted by Gasteiger charge is -2.12. The number of ether oxygens (including phenoxy) is 1. The molecule has 8 nitrogen and oxygen atoms in total. The highest BCUT2D eigenvalue weighted by Gasteiger charge is 2.16. The fourth-order valence-corrected chi connectivity index (χ4v) is 1.87. The van der Waals surface area contributed by atoms with E-state index in [1.54, 1.807) is 25.1 Å². The van der Waals surface area contributed by atoms with Crippen molar-refractivity contribution < 1.29 is 19.2 Å². The van der Waals surface area contributed by atoms with Gasteiger partial charge in [-0.2, -0.15) is 0 Å². The number of esters is 1. The highest BCUT2D eigenvalue weighted by molar-refractivity contribution is 5.83. The first-order valence-electron chi connectivity index (χ1n) is 7.40. The molecule has 0 radical (unpaired) electrons. The largest absolute Gasteiger partial charge is 0.453 e. The number of amides is 1. The Kier molecular flexibility index (Phi) is 7.52. The van der Waals surface area contributed by atoms with Crippen molar-refractivity contribution in [2.24, 2.45) is 0 Å². The second-order valence-corrected chi connectivity index (χ2v) is 4.83. The van der Waals surface area contributed by atoms with Gasteiger partial charge in [-0.1, -0.05) is 12.1 Å². The number of nitro benzene ring substituents is 1. The van der Waals surface area contributed by atoms with Crippen molar-refractivity contribution in [3.63, 3.8) is 0 Å². The molecule has 0 saturated heterocycles. The Bertz CT molecular complexity index is 562. The first kappa shape index (κ1) is 18.4. The van der Waals surface area contributed by atoms with Gasteiger partial charge in [0.15, 0.2) is 6.10 Å². The zero-order valence-corrected chi connectivity index (χ0v) is 13.2. The molecule has 0 aliphatic rings. The number of likely N-dealkylation sites (N-methyl/N-ethyl adjacent to an activating group) is 1. The second kappa shape index (κ2) is 9.39. The van der Waals surface area contributed by atoms with Gasteiger partial charge in [0.25, 0.3) is 11.6 Å². The van der Waals surface area contributed by atoms with Crippen molar-refractivity contribution in [1.82, 2.24) is 5.32 Å². The van der Waals surface area contributed by atoms with Crippen LogP contribution in [0.15, 0.2) is 24.3 Å². The summed E-state index contributed by atoms with van der Waals surface area (Å²) in [6, 6.07) is 6.29. The van der Waals surface area contributed by atoms with E-state index in [1.807, 2.05) is 0 Å². The van der Waals surface area contributed by atoms with E-state index < -0.39 is 17.0 Å². The van der Waals surface area contributed by atoms with Gasteiger partial charge < -0.3 is 15.4 Å². The van der Waals surface area contributed by atoms with Crippen LogP contribution >= 0.6 is 0 Å². The van der Waals surface area contributed by atoms with Crippen LogP contribution in [-0.2, 0) is 14.3 Å². The summed E-state index contributed by atoms with van der Waals surface area (Å²) in [6.45, 7) is 4.14. The smallest absolute Gasteiger partial charge is 0.306 e. The van der Waals surface area contributed by atoms with Crippen molar-refractivity contribution in [2.45, 2.75) is 32.8 Å². The Hall–Kier alpha value is -2.64. The van der Waals surface area contributed by atoms with E-state index in [0.717, 1.165) is 0 Å². The molecule has 0 fully saturated rings. The number of nitrogens with one attached hydrogen (secondary N) is 2. The number of benzene rings is 1. The van der Waals surface area contributed by atoms with E-state index in [-0.39, 0.29) is 18.0 Å². The first-order chi connectivity index (χ1) is 11.0. The van der Waals surface area contributed by atoms with Crippen molar-refractivity contribution in [3.05, 3.63) is 34.4 Å². The molecule has 1 rings (SSSR count). The van der Waals surface area contributed by atoms with Crippen LogP contribution in [0.4, 0.5) is 11.4 Å². The molecule has 0 aliphatic carbocycles. The summed E-state index contributed by atoms with van der Waals surface area (Å²) < 4.78 is 4.99. The van der Waals surface area contributed by atoms with Gasteiger partial charge in [0, 0.05) is 25.6 Å². The number of nitro groups is 1. The fraction of sp³-hybridized carbons (Fsp3) is 0.467. The molecule has 0 spiro atoms. The van der Waals surface area contributed by atoms with E-state index in [0.29, 0.717) is 25.2 Å². The van der Waals surface area contributed by atoms with Crippen LogP contribution in [0.25, 0.3) is 0 Å². The van der Waals surface area contributed by atoms with Crippen LogP contribution in [0.3, 0.4) is 0 Å². The topological polar surface area (TPSA) is 111 Å².